The van der Waals surface area contributed by atoms with Gasteiger partial charge in [0.1, 0.15) is 0 Å². The van der Waals surface area contributed by atoms with Gasteiger partial charge in [-0.25, -0.2) is 5.48 Å². The van der Waals surface area contributed by atoms with Gasteiger partial charge in [0.15, 0.2) is 0 Å². The molecule has 0 saturated carbocycles. The van der Waals surface area contributed by atoms with E-state index in [1.54, 1.807) is 16.8 Å². The van der Waals surface area contributed by atoms with Gasteiger partial charge in [-0.05, 0) is 18.4 Å². The van der Waals surface area contributed by atoms with Crippen LogP contribution in [0.25, 0.3) is 4.91 Å². The highest BCUT2D eigenvalue weighted by molar-refractivity contribution is 8.07. The summed E-state index contributed by atoms with van der Waals surface area (Å²) in [7, 11) is 1.84. The predicted octanol–water partition coefficient (Wildman–Crippen LogP) is 1.19. The van der Waals surface area contributed by atoms with Crippen molar-refractivity contribution >= 4 is 22.6 Å². The van der Waals surface area contributed by atoms with E-state index < -0.39 is 5.91 Å². The van der Waals surface area contributed by atoms with Gasteiger partial charge in [-0.15, -0.1) is 11.8 Å². The minimum absolute atomic E-state index is 0.558. The summed E-state index contributed by atoms with van der Waals surface area (Å²) in [5.41, 5.74) is 2.37. The maximum absolute atomic E-state index is 10.7. The fraction of sp³-hybridized carbons (Fsp3) is 0.200. The zero-order valence-corrected chi connectivity index (χ0v) is 9.86. The SMILES string of the molecule is CS/C(=C\C=C\C(=O)NO)c1ccn(C)n1. The summed E-state index contributed by atoms with van der Waals surface area (Å²) in [5.74, 6) is -0.558. The largest absolute Gasteiger partial charge is 0.288 e. The maximum atomic E-state index is 10.7. The maximum Gasteiger partial charge on any atom is 0.267 e. The summed E-state index contributed by atoms with van der Waals surface area (Å²) in [6.45, 7) is 0. The first-order chi connectivity index (χ1) is 7.67. The Hall–Kier alpha value is -1.53. The van der Waals surface area contributed by atoms with Gasteiger partial charge >= 0.3 is 0 Å². The van der Waals surface area contributed by atoms with Gasteiger partial charge in [-0.3, -0.25) is 14.7 Å². The summed E-state index contributed by atoms with van der Waals surface area (Å²) >= 11 is 1.54. The molecule has 0 radical (unpaired) electrons. The third kappa shape index (κ3) is 3.56. The number of amides is 1. The molecule has 6 heteroatoms. The summed E-state index contributed by atoms with van der Waals surface area (Å²) in [5, 5.41) is 12.5. The van der Waals surface area contributed by atoms with E-state index in [9.17, 15) is 4.79 Å². The standard InChI is InChI=1S/C10H13N3O2S/c1-13-7-6-8(11-13)9(16-2)4-3-5-10(14)12-15/h3-7,15H,1-2H3,(H,12,14)/b5-3+,9-4-. The summed E-state index contributed by atoms with van der Waals surface area (Å²) in [6.07, 6.45) is 8.34. The monoisotopic (exact) mass is 239 g/mol. The van der Waals surface area contributed by atoms with Crippen LogP contribution in [0, 0.1) is 0 Å². The van der Waals surface area contributed by atoms with Crippen molar-refractivity contribution < 1.29 is 10.0 Å². The quantitative estimate of drug-likeness (QED) is 0.358. The molecule has 1 amide bonds. The fourth-order valence-corrected chi connectivity index (χ4v) is 1.60. The zero-order valence-electron chi connectivity index (χ0n) is 9.04. The van der Waals surface area contributed by atoms with Crippen molar-refractivity contribution in [1.82, 2.24) is 15.3 Å². The molecule has 0 aliphatic carbocycles. The number of rotatable bonds is 4. The van der Waals surface area contributed by atoms with E-state index in [-0.39, 0.29) is 0 Å². The number of thioether (sulfide) groups is 1. The van der Waals surface area contributed by atoms with Crippen molar-refractivity contribution in [3.8, 4) is 0 Å². The second-order valence-corrected chi connectivity index (χ2v) is 3.79. The van der Waals surface area contributed by atoms with E-state index in [1.165, 1.54) is 23.3 Å². The Kier molecular flexibility index (Phi) is 4.81. The van der Waals surface area contributed by atoms with Crippen LogP contribution >= 0.6 is 11.8 Å². The van der Waals surface area contributed by atoms with Crippen molar-refractivity contribution in [2.75, 3.05) is 6.26 Å². The number of hydrogen-bond acceptors (Lipinski definition) is 4. The Labute approximate surface area is 97.8 Å². The molecule has 16 heavy (non-hydrogen) atoms. The first-order valence-electron chi connectivity index (χ1n) is 4.54. The van der Waals surface area contributed by atoms with Gasteiger partial charge < -0.3 is 0 Å². The molecule has 0 unspecified atom stereocenters. The number of carbonyl (C=O) groups is 1. The zero-order chi connectivity index (χ0) is 12.0. The van der Waals surface area contributed by atoms with Crippen molar-refractivity contribution in [2.45, 2.75) is 0 Å². The van der Waals surface area contributed by atoms with Gasteiger partial charge in [-0.2, -0.15) is 5.10 Å². The highest BCUT2D eigenvalue weighted by Crippen LogP contribution is 2.23. The van der Waals surface area contributed by atoms with Gasteiger partial charge in [0.05, 0.1) is 5.69 Å². The van der Waals surface area contributed by atoms with Crippen LogP contribution in [-0.2, 0) is 11.8 Å². The Balaban J connectivity index is 2.78. The lowest BCUT2D eigenvalue weighted by molar-refractivity contribution is -0.124. The minimum atomic E-state index is -0.558. The number of nitrogens with zero attached hydrogens (tertiary/aromatic N) is 2. The first kappa shape index (κ1) is 12.5. The molecular weight excluding hydrogens is 226 g/mol. The average Bonchev–Trinajstić information content (AvgIpc) is 2.70. The summed E-state index contributed by atoms with van der Waals surface area (Å²) in [6, 6.07) is 1.89. The van der Waals surface area contributed by atoms with Crippen LogP contribution < -0.4 is 5.48 Å². The van der Waals surface area contributed by atoms with E-state index in [0.29, 0.717) is 0 Å². The first-order valence-corrected chi connectivity index (χ1v) is 5.76. The molecule has 0 spiro atoms. The minimum Gasteiger partial charge on any atom is -0.288 e. The molecule has 1 aromatic rings. The molecule has 1 rings (SSSR count). The highest BCUT2D eigenvalue weighted by atomic mass is 32.2. The molecule has 0 aromatic carbocycles. The summed E-state index contributed by atoms with van der Waals surface area (Å²) in [4.78, 5) is 11.7. The molecule has 1 heterocycles. The van der Waals surface area contributed by atoms with Crippen molar-refractivity contribution in [3.05, 3.63) is 36.2 Å². The van der Waals surface area contributed by atoms with Crippen LogP contribution in [0.5, 0.6) is 0 Å². The number of allylic oxidation sites excluding steroid dienone is 2. The van der Waals surface area contributed by atoms with Gasteiger partial charge in [-0.1, -0.05) is 6.08 Å². The van der Waals surface area contributed by atoms with Gasteiger partial charge in [0.25, 0.3) is 5.91 Å². The van der Waals surface area contributed by atoms with Crippen LogP contribution in [0.15, 0.2) is 30.5 Å². The number of carbonyl (C=O) groups excluding carboxylic acids is 1. The molecule has 0 fully saturated rings. The van der Waals surface area contributed by atoms with E-state index in [2.05, 4.69) is 5.10 Å². The van der Waals surface area contributed by atoms with Crippen LogP contribution in [0.1, 0.15) is 5.69 Å². The van der Waals surface area contributed by atoms with Crippen LogP contribution in [0.4, 0.5) is 0 Å². The van der Waals surface area contributed by atoms with Crippen molar-refractivity contribution in [1.29, 1.82) is 0 Å². The molecular formula is C10H13N3O2S. The molecule has 0 aliphatic rings. The second kappa shape index (κ2) is 6.14. The lowest BCUT2D eigenvalue weighted by Gasteiger charge is -1.97. The van der Waals surface area contributed by atoms with Crippen LogP contribution in [0.2, 0.25) is 0 Å². The fourth-order valence-electron chi connectivity index (χ4n) is 1.06. The molecule has 0 aliphatic heterocycles. The average molecular weight is 239 g/mol. The smallest absolute Gasteiger partial charge is 0.267 e. The van der Waals surface area contributed by atoms with E-state index in [0.717, 1.165) is 10.6 Å². The highest BCUT2D eigenvalue weighted by Gasteiger charge is 2.01. The Morgan fingerprint density at radius 2 is 2.44 bits per heavy atom. The third-order valence-corrected chi connectivity index (χ3v) is 2.58. The van der Waals surface area contributed by atoms with Crippen LogP contribution in [-0.4, -0.2) is 27.2 Å². The van der Waals surface area contributed by atoms with Gasteiger partial charge in [0, 0.05) is 24.2 Å². The van der Waals surface area contributed by atoms with E-state index in [1.807, 2.05) is 25.6 Å². The van der Waals surface area contributed by atoms with Gasteiger partial charge in [0.2, 0.25) is 0 Å². The lowest BCUT2D eigenvalue weighted by Crippen LogP contribution is -2.14. The second-order valence-electron chi connectivity index (χ2n) is 2.94. The molecule has 1 aromatic heterocycles. The van der Waals surface area contributed by atoms with Crippen molar-refractivity contribution in [2.24, 2.45) is 7.05 Å². The van der Waals surface area contributed by atoms with Crippen LogP contribution in [0.3, 0.4) is 0 Å². The number of aryl methyl sites for hydroxylation is 1. The molecule has 0 saturated heterocycles. The topological polar surface area (TPSA) is 67.2 Å². The molecule has 86 valence electrons. The number of hydroxylamine groups is 1. The number of nitrogens with one attached hydrogen (secondary N) is 1. The normalized spacial score (nSPS) is 12.1. The lowest BCUT2D eigenvalue weighted by atomic mass is 10.3. The molecule has 0 atom stereocenters. The molecule has 0 bridgehead atoms. The summed E-state index contributed by atoms with van der Waals surface area (Å²) < 4.78 is 1.71. The Morgan fingerprint density at radius 3 is 2.94 bits per heavy atom. The molecule has 5 nitrogen and oxygen atoms in total. The molecule has 2 N–H and O–H groups in total. The third-order valence-electron chi connectivity index (χ3n) is 1.79. The Bertz CT molecular complexity index is 423. The van der Waals surface area contributed by atoms with Crippen molar-refractivity contribution in [3.63, 3.8) is 0 Å². The number of hydrogen-bond donors (Lipinski definition) is 2. The predicted molar refractivity (Wildman–Crippen MR) is 63.8 cm³/mol. The number of aromatic nitrogens is 2. The van der Waals surface area contributed by atoms with E-state index >= 15 is 0 Å². The van der Waals surface area contributed by atoms with E-state index in [4.69, 9.17) is 5.21 Å². The Morgan fingerprint density at radius 1 is 1.69 bits per heavy atom.